The molecular weight excluding hydrogens is 294 g/mol. The van der Waals surface area contributed by atoms with Gasteiger partial charge in [0.25, 0.3) is 0 Å². The van der Waals surface area contributed by atoms with Crippen LogP contribution in [0.4, 0.5) is 0 Å². The molecule has 18 heavy (non-hydrogen) atoms. The van der Waals surface area contributed by atoms with Crippen molar-refractivity contribution in [3.05, 3.63) is 28.7 Å². The normalized spacial score (nSPS) is 22.7. The summed E-state index contributed by atoms with van der Waals surface area (Å²) >= 11 is 3.47. The maximum Gasteiger partial charge on any atom is 0.120 e. The highest BCUT2D eigenvalue weighted by atomic mass is 79.9. The summed E-state index contributed by atoms with van der Waals surface area (Å²) in [7, 11) is 0. The van der Waals surface area contributed by atoms with Gasteiger partial charge in [-0.3, -0.25) is 4.90 Å². The molecule has 0 aliphatic carbocycles. The highest BCUT2D eigenvalue weighted by molar-refractivity contribution is 9.10. The Hall–Kier alpha value is -0.580. The molecule has 2 aliphatic heterocycles. The van der Waals surface area contributed by atoms with Crippen molar-refractivity contribution in [3.63, 3.8) is 0 Å². The molecule has 2 heterocycles. The van der Waals surface area contributed by atoms with Gasteiger partial charge in [0, 0.05) is 17.6 Å². The van der Waals surface area contributed by atoms with E-state index in [0.29, 0.717) is 12.1 Å². The number of nitrogens with zero attached hydrogens (tertiary/aromatic N) is 1. The molecule has 2 aliphatic rings. The van der Waals surface area contributed by atoms with Crippen molar-refractivity contribution in [2.45, 2.75) is 25.0 Å². The largest absolute Gasteiger partial charge is 0.490 e. The summed E-state index contributed by atoms with van der Waals surface area (Å²) < 4.78 is 12.3. The van der Waals surface area contributed by atoms with Crippen LogP contribution < -0.4 is 4.74 Å². The lowest BCUT2D eigenvalue weighted by molar-refractivity contribution is -0.0778. The van der Waals surface area contributed by atoms with Crippen LogP contribution in [0, 0.1) is 0 Å². The van der Waals surface area contributed by atoms with Gasteiger partial charge in [-0.25, -0.2) is 0 Å². The molecule has 2 fully saturated rings. The van der Waals surface area contributed by atoms with Crippen LogP contribution >= 0.6 is 15.9 Å². The van der Waals surface area contributed by atoms with Crippen molar-refractivity contribution in [1.29, 1.82) is 0 Å². The van der Waals surface area contributed by atoms with Crippen molar-refractivity contribution in [3.8, 4) is 5.75 Å². The molecule has 0 radical (unpaired) electrons. The van der Waals surface area contributed by atoms with Gasteiger partial charge in [0.1, 0.15) is 11.9 Å². The Morgan fingerprint density at radius 1 is 1.22 bits per heavy atom. The van der Waals surface area contributed by atoms with Crippen LogP contribution in [0.5, 0.6) is 5.75 Å². The monoisotopic (exact) mass is 311 g/mol. The molecule has 2 saturated heterocycles. The van der Waals surface area contributed by atoms with Gasteiger partial charge < -0.3 is 9.47 Å². The molecule has 3 nitrogen and oxygen atoms in total. The predicted molar refractivity (Wildman–Crippen MR) is 74.0 cm³/mol. The number of hydrogen-bond acceptors (Lipinski definition) is 3. The Kier molecular flexibility index (Phi) is 3.87. The Bertz CT molecular complexity index is 401. The molecule has 0 amide bonds. The molecule has 0 N–H and O–H groups in total. The summed E-state index contributed by atoms with van der Waals surface area (Å²) in [6, 6.07) is 8.76. The molecule has 1 aromatic rings. The van der Waals surface area contributed by atoms with Crippen LogP contribution in [0.15, 0.2) is 28.7 Å². The zero-order valence-corrected chi connectivity index (χ0v) is 11.9. The number of rotatable bonds is 3. The average Bonchev–Trinajstić information content (AvgIpc) is 2.29. The van der Waals surface area contributed by atoms with Gasteiger partial charge in [0.15, 0.2) is 0 Å². The third-order valence-electron chi connectivity index (χ3n) is 3.71. The summed E-state index contributed by atoms with van der Waals surface area (Å²) in [4.78, 5) is 2.53. The van der Waals surface area contributed by atoms with E-state index in [1.54, 1.807) is 0 Å². The molecule has 0 spiro atoms. The summed E-state index contributed by atoms with van der Waals surface area (Å²) in [5, 5.41) is 0. The molecule has 1 aromatic carbocycles. The number of ether oxygens (including phenoxy) is 2. The van der Waals surface area contributed by atoms with Crippen molar-refractivity contribution >= 4 is 15.9 Å². The number of piperidine rings is 1. The van der Waals surface area contributed by atoms with Crippen LogP contribution in [0.1, 0.15) is 12.8 Å². The van der Waals surface area contributed by atoms with E-state index in [-0.39, 0.29) is 0 Å². The first kappa shape index (κ1) is 12.5. The van der Waals surface area contributed by atoms with Gasteiger partial charge in [-0.15, -0.1) is 0 Å². The molecule has 0 unspecified atom stereocenters. The zero-order valence-electron chi connectivity index (χ0n) is 10.3. The number of hydrogen-bond donors (Lipinski definition) is 0. The fourth-order valence-electron chi connectivity index (χ4n) is 2.53. The molecular formula is C14H18BrNO2. The first-order chi connectivity index (χ1) is 8.81. The maximum absolute atomic E-state index is 6.03. The van der Waals surface area contributed by atoms with E-state index in [4.69, 9.17) is 9.47 Å². The summed E-state index contributed by atoms with van der Waals surface area (Å²) in [6.07, 6.45) is 2.59. The van der Waals surface area contributed by atoms with E-state index in [0.717, 1.165) is 49.4 Å². The van der Waals surface area contributed by atoms with E-state index in [9.17, 15) is 0 Å². The van der Waals surface area contributed by atoms with E-state index < -0.39 is 0 Å². The molecule has 98 valence electrons. The number of benzene rings is 1. The minimum absolute atomic E-state index is 0.358. The lowest BCUT2D eigenvalue weighted by Gasteiger charge is -2.41. The second-order valence-corrected chi connectivity index (χ2v) is 5.92. The minimum atomic E-state index is 0.358. The van der Waals surface area contributed by atoms with Crippen molar-refractivity contribution < 1.29 is 9.47 Å². The van der Waals surface area contributed by atoms with Crippen molar-refractivity contribution in [2.24, 2.45) is 0 Å². The summed E-state index contributed by atoms with van der Waals surface area (Å²) in [5.74, 6) is 0.967. The lowest BCUT2D eigenvalue weighted by Crippen LogP contribution is -2.52. The van der Waals surface area contributed by atoms with Gasteiger partial charge in [0.05, 0.1) is 19.3 Å². The molecule has 3 rings (SSSR count). The van der Waals surface area contributed by atoms with Crippen LogP contribution in [-0.4, -0.2) is 43.3 Å². The number of halogens is 1. The quantitative estimate of drug-likeness (QED) is 0.856. The molecule has 0 bridgehead atoms. The number of likely N-dealkylation sites (tertiary alicyclic amines) is 1. The lowest BCUT2D eigenvalue weighted by atomic mass is 10.0. The predicted octanol–water partition coefficient (Wildman–Crippen LogP) is 2.69. The van der Waals surface area contributed by atoms with Crippen LogP contribution in [-0.2, 0) is 4.74 Å². The van der Waals surface area contributed by atoms with Crippen LogP contribution in [0.3, 0.4) is 0 Å². The molecule has 0 aromatic heterocycles. The Balaban J connectivity index is 1.50. The van der Waals surface area contributed by atoms with E-state index in [1.165, 1.54) is 0 Å². The second-order valence-electron chi connectivity index (χ2n) is 5.00. The van der Waals surface area contributed by atoms with E-state index in [2.05, 4.69) is 20.8 Å². The summed E-state index contributed by atoms with van der Waals surface area (Å²) in [5.41, 5.74) is 0. The third-order valence-corrected chi connectivity index (χ3v) is 4.21. The second kappa shape index (κ2) is 5.59. The average molecular weight is 312 g/mol. The van der Waals surface area contributed by atoms with Gasteiger partial charge >= 0.3 is 0 Å². The van der Waals surface area contributed by atoms with Gasteiger partial charge in [-0.2, -0.15) is 0 Å². The first-order valence-corrected chi connectivity index (χ1v) is 7.34. The summed E-state index contributed by atoms with van der Waals surface area (Å²) in [6.45, 7) is 4.09. The van der Waals surface area contributed by atoms with Crippen molar-refractivity contribution in [2.75, 3.05) is 26.3 Å². The standard InChI is InChI=1S/C14H18BrNO2/c15-11-2-1-3-14(8-11)18-13-4-6-16(7-5-13)12-9-17-10-12/h1-3,8,12-13H,4-7,9-10H2. The Morgan fingerprint density at radius 2 is 2.00 bits per heavy atom. The molecule has 4 heteroatoms. The van der Waals surface area contributed by atoms with Crippen LogP contribution in [0.2, 0.25) is 0 Å². The van der Waals surface area contributed by atoms with Gasteiger partial charge in [-0.1, -0.05) is 22.0 Å². The smallest absolute Gasteiger partial charge is 0.120 e. The van der Waals surface area contributed by atoms with E-state index in [1.807, 2.05) is 24.3 Å². The van der Waals surface area contributed by atoms with Gasteiger partial charge in [0.2, 0.25) is 0 Å². The minimum Gasteiger partial charge on any atom is -0.490 e. The molecule has 0 saturated carbocycles. The highest BCUT2D eigenvalue weighted by Crippen LogP contribution is 2.24. The third kappa shape index (κ3) is 2.87. The zero-order chi connectivity index (χ0) is 12.4. The Morgan fingerprint density at radius 3 is 2.61 bits per heavy atom. The van der Waals surface area contributed by atoms with Crippen molar-refractivity contribution in [1.82, 2.24) is 4.90 Å². The van der Waals surface area contributed by atoms with Gasteiger partial charge in [-0.05, 0) is 31.0 Å². The van der Waals surface area contributed by atoms with E-state index >= 15 is 0 Å². The maximum atomic E-state index is 6.03. The first-order valence-electron chi connectivity index (χ1n) is 6.55. The topological polar surface area (TPSA) is 21.7 Å². The molecule has 0 atom stereocenters. The fraction of sp³-hybridized carbons (Fsp3) is 0.571. The SMILES string of the molecule is Brc1cccc(OC2CCN(C3COC3)CC2)c1. The fourth-order valence-corrected chi connectivity index (χ4v) is 2.90. The van der Waals surface area contributed by atoms with Crippen LogP contribution in [0.25, 0.3) is 0 Å². The Labute approximate surface area is 116 Å². The highest BCUT2D eigenvalue weighted by Gasteiger charge is 2.30.